The molecule has 3 heterocycles. The Morgan fingerprint density at radius 2 is 1.74 bits per heavy atom. The number of carbonyl (C=O) groups excluding carboxylic acids is 5. The first-order valence-corrected chi connectivity index (χ1v) is 19.3. The molecule has 5 aliphatic rings. The number of nitrogens with one attached hydrogen (secondary N) is 3. The summed E-state index contributed by atoms with van der Waals surface area (Å²) < 4.78 is 33.4. The molecule has 1 aromatic carbocycles. The average molecular weight is 712 g/mol. The second kappa shape index (κ2) is 13.6. The summed E-state index contributed by atoms with van der Waals surface area (Å²) in [5, 5.41) is 5.04. The van der Waals surface area contributed by atoms with Gasteiger partial charge >= 0.3 is 6.09 Å². The van der Waals surface area contributed by atoms with Crippen LogP contribution in [0.25, 0.3) is 0 Å². The van der Waals surface area contributed by atoms with E-state index in [1.54, 1.807) is 4.90 Å². The second-order valence-corrected chi connectivity index (χ2v) is 17.6. The molecule has 3 fully saturated rings. The normalized spacial score (nSPS) is 29.2. The summed E-state index contributed by atoms with van der Waals surface area (Å²) >= 11 is 0. The Hall–Kier alpha value is -3.94. The molecule has 1 aromatic rings. The zero-order chi connectivity index (χ0) is 36.0. The third-order valence-corrected chi connectivity index (χ3v) is 12.5. The maximum absolute atomic E-state index is 14.4. The number of hydrogen-bond acceptors (Lipinski definition) is 8. The largest absolute Gasteiger partial charge is 0.444 e. The number of ether oxygens (including phenoxy) is 1. The number of rotatable bonds is 6. The van der Waals surface area contributed by atoms with Crippen molar-refractivity contribution in [2.24, 2.45) is 11.3 Å². The Labute approximate surface area is 294 Å². The van der Waals surface area contributed by atoms with Crippen LogP contribution < -0.4 is 15.4 Å². The second-order valence-electron chi connectivity index (χ2n) is 15.6. The lowest BCUT2D eigenvalue weighted by atomic mass is 9.85. The van der Waals surface area contributed by atoms with Crippen LogP contribution in [0, 0.1) is 11.3 Å². The number of fused-ring (bicyclic) bond motifs is 3. The first-order chi connectivity index (χ1) is 23.6. The fourth-order valence-electron chi connectivity index (χ4n) is 7.47. The number of sulfonamides is 1. The molecule has 0 radical (unpaired) electrons. The summed E-state index contributed by atoms with van der Waals surface area (Å²) in [4.78, 5) is 71.6. The number of amides is 5. The molecular weight excluding hydrogens is 662 g/mol. The smallest absolute Gasteiger partial charge is 0.410 e. The van der Waals surface area contributed by atoms with E-state index in [4.69, 9.17) is 4.74 Å². The van der Waals surface area contributed by atoms with Crippen molar-refractivity contribution in [2.75, 3.05) is 6.54 Å². The van der Waals surface area contributed by atoms with Crippen LogP contribution in [0.4, 0.5) is 4.79 Å². The standard InChI is InChI=1S/C36H49N5O8S/c1-5-24-18-36(24,33(45)39-50(47,48)26-15-16-26)38-31(43)28-17-25-20-41(28)32(44)30(35(2,3)4)37-29(42)14-9-7-6-8-11-22-12-10-13-23-19-40(21-27(22)23)34(46)49-25/h5,10,12-13,24-26,28,30H,1,6-9,11,14-21H2,2-4H3,(H,37,42)(H,38,43)(H,39,45)/t24-,25-,28+,30-,36-/m1/s1. The highest BCUT2D eigenvalue weighted by molar-refractivity contribution is 7.91. The molecule has 2 saturated carbocycles. The van der Waals surface area contributed by atoms with E-state index in [9.17, 15) is 32.4 Å². The zero-order valence-corrected chi connectivity index (χ0v) is 30.0. The molecule has 6 rings (SSSR count). The number of aryl methyl sites for hydroxylation is 1. The summed E-state index contributed by atoms with van der Waals surface area (Å²) in [6.45, 7) is 9.92. The minimum Gasteiger partial charge on any atom is -0.444 e. The Morgan fingerprint density at radius 3 is 2.40 bits per heavy atom. The van der Waals surface area contributed by atoms with Crippen molar-refractivity contribution in [2.45, 2.75) is 127 Å². The molecule has 5 amide bonds. The van der Waals surface area contributed by atoms with Crippen molar-refractivity contribution in [3.63, 3.8) is 0 Å². The zero-order valence-electron chi connectivity index (χ0n) is 29.2. The predicted octanol–water partition coefficient (Wildman–Crippen LogP) is 2.82. The van der Waals surface area contributed by atoms with Crippen LogP contribution in [0.1, 0.15) is 95.2 Å². The van der Waals surface area contributed by atoms with Crippen LogP contribution in [0.5, 0.6) is 0 Å². The highest BCUT2D eigenvalue weighted by Gasteiger charge is 2.62. The van der Waals surface area contributed by atoms with E-state index in [0.717, 1.165) is 36.8 Å². The minimum absolute atomic E-state index is 0.0447. The Kier molecular flexibility index (Phi) is 9.79. The topological polar surface area (TPSA) is 171 Å². The van der Waals surface area contributed by atoms with Gasteiger partial charge in [-0.3, -0.25) is 28.8 Å². The first kappa shape index (κ1) is 35.9. The molecule has 4 bridgehead atoms. The van der Waals surface area contributed by atoms with Crippen molar-refractivity contribution in [1.82, 2.24) is 25.2 Å². The SMILES string of the molecule is C=C[C@@H]1C[C@]1(NC(=O)[C@@H]1C[C@@H]2CN1C(=O)[C@H](C(C)(C)C)NC(=O)CCCCCCc1cccc3c1CN(C3)C(=O)O2)C(=O)NS(=O)(=O)C1CC1. The summed E-state index contributed by atoms with van der Waals surface area (Å²) in [5.74, 6) is -2.82. The molecule has 0 aromatic heterocycles. The first-order valence-electron chi connectivity index (χ1n) is 17.8. The molecule has 13 nitrogen and oxygen atoms in total. The van der Waals surface area contributed by atoms with E-state index in [-0.39, 0.29) is 31.7 Å². The van der Waals surface area contributed by atoms with E-state index >= 15 is 0 Å². The van der Waals surface area contributed by atoms with Gasteiger partial charge in [0.1, 0.15) is 23.7 Å². The lowest BCUT2D eigenvalue weighted by Gasteiger charge is -2.35. The average Bonchev–Trinajstić information content (AvgIpc) is 3.94. The third-order valence-electron chi connectivity index (χ3n) is 10.7. The maximum Gasteiger partial charge on any atom is 0.410 e. The summed E-state index contributed by atoms with van der Waals surface area (Å²) in [7, 11) is -3.89. The van der Waals surface area contributed by atoms with E-state index in [1.807, 2.05) is 32.9 Å². The van der Waals surface area contributed by atoms with Gasteiger partial charge in [-0.05, 0) is 60.6 Å². The van der Waals surface area contributed by atoms with Crippen molar-refractivity contribution in [3.8, 4) is 0 Å². The molecule has 5 atom stereocenters. The molecule has 272 valence electrons. The van der Waals surface area contributed by atoms with Crippen molar-refractivity contribution >= 4 is 39.7 Å². The van der Waals surface area contributed by atoms with E-state index in [1.165, 1.54) is 16.5 Å². The number of nitrogens with zero attached hydrogens (tertiary/aromatic N) is 2. The molecule has 50 heavy (non-hydrogen) atoms. The molecule has 0 spiro atoms. The third kappa shape index (κ3) is 7.40. The van der Waals surface area contributed by atoms with E-state index in [2.05, 4.69) is 28.0 Å². The molecular formula is C36H49N5O8S. The molecule has 3 aliphatic heterocycles. The molecule has 3 N–H and O–H groups in total. The predicted molar refractivity (Wildman–Crippen MR) is 184 cm³/mol. The van der Waals surface area contributed by atoms with Crippen LogP contribution in [-0.4, -0.2) is 83.5 Å². The highest BCUT2D eigenvalue weighted by Crippen LogP contribution is 2.45. The maximum atomic E-state index is 14.4. The van der Waals surface area contributed by atoms with Gasteiger partial charge in [0.25, 0.3) is 5.91 Å². The highest BCUT2D eigenvalue weighted by atomic mass is 32.2. The fraction of sp³-hybridized carbons (Fsp3) is 0.639. The molecule has 0 unspecified atom stereocenters. The van der Waals surface area contributed by atoms with Gasteiger partial charge in [0.2, 0.25) is 27.7 Å². The summed E-state index contributed by atoms with van der Waals surface area (Å²) in [6, 6.07) is 3.95. The van der Waals surface area contributed by atoms with Crippen LogP contribution in [0.2, 0.25) is 0 Å². The number of benzene rings is 1. The van der Waals surface area contributed by atoms with Crippen molar-refractivity contribution < 1.29 is 37.1 Å². The van der Waals surface area contributed by atoms with Gasteiger partial charge in [-0.1, -0.05) is 57.9 Å². The van der Waals surface area contributed by atoms with Gasteiger partial charge in [-0.2, -0.15) is 0 Å². The lowest BCUT2D eigenvalue weighted by Crippen LogP contribution is -2.60. The van der Waals surface area contributed by atoms with Gasteiger partial charge in [-0.25, -0.2) is 13.2 Å². The monoisotopic (exact) mass is 711 g/mol. The minimum atomic E-state index is -3.89. The molecule has 14 heteroatoms. The summed E-state index contributed by atoms with van der Waals surface area (Å²) in [5.41, 5.74) is 1.08. The number of hydrogen-bond donors (Lipinski definition) is 3. The Balaban J connectivity index is 1.27. The Bertz CT molecular complexity index is 1680. The van der Waals surface area contributed by atoms with Gasteiger partial charge in [0.05, 0.1) is 11.8 Å². The fourth-order valence-corrected chi connectivity index (χ4v) is 8.83. The van der Waals surface area contributed by atoms with Gasteiger partial charge in [0, 0.05) is 31.8 Å². The summed E-state index contributed by atoms with van der Waals surface area (Å²) in [6.07, 6.45) is 5.65. The molecule has 1 saturated heterocycles. The van der Waals surface area contributed by atoms with Crippen LogP contribution in [-0.2, 0) is 53.4 Å². The Morgan fingerprint density at radius 1 is 1.04 bits per heavy atom. The van der Waals surface area contributed by atoms with Crippen molar-refractivity contribution in [1.29, 1.82) is 0 Å². The van der Waals surface area contributed by atoms with Gasteiger partial charge in [0.15, 0.2) is 0 Å². The molecule has 2 aliphatic carbocycles. The van der Waals surface area contributed by atoms with Crippen molar-refractivity contribution in [3.05, 3.63) is 47.5 Å². The van der Waals surface area contributed by atoms with E-state index in [0.29, 0.717) is 32.4 Å². The van der Waals surface area contributed by atoms with Crippen LogP contribution in [0.15, 0.2) is 30.9 Å². The quantitative estimate of drug-likeness (QED) is 0.378. The van der Waals surface area contributed by atoms with Gasteiger partial charge < -0.3 is 20.3 Å². The lowest BCUT2D eigenvalue weighted by molar-refractivity contribution is -0.144. The van der Waals surface area contributed by atoms with Crippen LogP contribution >= 0.6 is 0 Å². The van der Waals surface area contributed by atoms with Gasteiger partial charge in [-0.15, -0.1) is 6.58 Å². The van der Waals surface area contributed by atoms with E-state index < -0.39 is 74.1 Å². The number of carbonyl (C=O) groups is 5. The van der Waals surface area contributed by atoms with Crippen LogP contribution in [0.3, 0.4) is 0 Å².